The molecule has 0 aromatic rings. The Kier molecular flexibility index (Phi) is 4.13. The standard InChI is InChI=1S/C5H10NO3PS2/c1-8-10(7,9-2)6-5-11-3-4-12-5/h3-4H2,1-2H3. The van der Waals surface area contributed by atoms with Crippen LogP contribution in [0.3, 0.4) is 0 Å². The van der Waals surface area contributed by atoms with E-state index in [0.29, 0.717) is 0 Å². The summed E-state index contributed by atoms with van der Waals surface area (Å²) in [7, 11) is -0.520. The second kappa shape index (κ2) is 4.67. The van der Waals surface area contributed by atoms with Gasteiger partial charge in [-0.25, -0.2) is 4.57 Å². The fourth-order valence-corrected chi connectivity index (χ4v) is 4.04. The van der Waals surface area contributed by atoms with Gasteiger partial charge in [0.25, 0.3) is 0 Å². The summed E-state index contributed by atoms with van der Waals surface area (Å²) in [6.45, 7) is 0. The van der Waals surface area contributed by atoms with E-state index in [1.165, 1.54) is 14.2 Å². The Hall–Kier alpha value is 0.520. The van der Waals surface area contributed by atoms with Crippen molar-refractivity contribution >= 4 is 35.6 Å². The molecule has 0 aromatic carbocycles. The first-order valence-corrected chi connectivity index (χ1v) is 6.74. The average Bonchev–Trinajstić information content (AvgIpc) is 2.57. The van der Waals surface area contributed by atoms with Crippen LogP contribution in [0.1, 0.15) is 0 Å². The molecular formula is C5H10NO3PS2. The normalized spacial score (nSPS) is 18.3. The third-order valence-electron chi connectivity index (χ3n) is 1.20. The van der Waals surface area contributed by atoms with Crippen LogP contribution >= 0.6 is 31.3 Å². The van der Waals surface area contributed by atoms with Gasteiger partial charge in [-0.1, -0.05) is 23.5 Å². The molecule has 1 rings (SSSR count). The van der Waals surface area contributed by atoms with E-state index in [1.807, 2.05) is 0 Å². The smallest absolute Gasteiger partial charge is 0.294 e. The van der Waals surface area contributed by atoms with Gasteiger partial charge in [-0.3, -0.25) is 9.05 Å². The average molecular weight is 227 g/mol. The van der Waals surface area contributed by atoms with Crippen LogP contribution in [0.15, 0.2) is 4.76 Å². The van der Waals surface area contributed by atoms with E-state index < -0.39 is 7.75 Å². The Morgan fingerprint density at radius 3 is 2.25 bits per heavy atom. The molecule has 0 bridgehead atoms. The predicted molar refractivity (Wildman–Crippen MR) is 54.0 cm³/mol. The first-order chi connectivity index (χ1) is 5.70. The van der Waals surface area contributed by atoms with Gasteiger partial charge < -0.3 is 0 Å². The highest BCUT2D eigenvalue weighted by atomic mass is 32.2. The molecule has 7 heteroatoms. The van der Waals surface area contributed by atoms with Gasteiger partial charge in [0.1, 0.15) is 4.38 Å². The van der Waals surface area contributed by atoms with E-state index in [4.69, 9.17) is 0 Å². The van der Waals surface area contributed by atoms with Crippen LogP contribution in [-0.2, 0) is 13.6 Å². The molecule has 12 heavy (non-hydrogen) atoms. The Morgan fingerprint density at radius 2 is 1.83 bits per heavy atom. The summed E-state index contributed by atoms with van der Waals surface area (Å²) < 4.78 is 25.5. The minimum Gasteiger partial charge on any atom is -0.294 e. The van der Waals surface area contributed by atoms with E-state index in [0.717, 1.165) is 15.9 Å². The number of nitrogens with zero attached hydrogens (tertiary/aromatic N) is 1. The number of thioether (sulfide) groups is 2. The monoisotopic (exact) mass is 227 g/mol. The molecule has 0 saturated carbocycles. The lowest BCUT2D eigenvalue weighted by Gasteiger charge is -2.07. The molecule has 1 aliphatic rings. The molecule has 0 aromatic heterocycles. The molecule has 0 radical (unpaired) electrons. The van der Waals surface area contributed by atoms with Crippen molar-refractivity contribution in [2.24, 2.45) is 4.76 Å². The highest BCUT2D eigenvalue weighted by molar-refractivity contribution is 8.41. The van der Waals surface area contributed by atoms with E-state index in [2.05, 4.69) is 13.8 Å². The van der Waals surface area contributed by atoms with Crippen molar-refractivity contribution in [3.63, 3.8) is 0 Å². The van der Waals surface area contributed by atoms with E-state index in [1.54, 1.807) is 23.5 Å². The zero-order chi connectivity index (χ0) is 9.03. The van der Waals surface area contributed by atoms with Crippen LogP contribution in [0, 0.1) is 0 Å². The van der Waals surface area contributed by atoms with Gasteiger partial charge in [0.05, 0.1) is 0 Å². The molecule has 0 amide bonds. The van der Waals surface area contributed by atoms with Crippen LogP contribution in [-0.4, -0.2) is 30.1 Å². The van der Waals surface area contributed by atoms with Crippen molar-refractivity contribution in [2.75, 3.05) is 25.7 Å². The van der Waals surface area contributed by atoms with Gasteiger partial charge in [-0.05, 0) is 0 Å². The van der Waals surface area contributed by atoms with E-state index >= 15 is 0 Å². The second-order valence-electron chi connectivity index (χ2n) is 1.90. The van der Waals surface area contributed by atoms with Gasteiger partial charge in [-0.2, -0.15) is 4.76 Å². The maximum absolute atomic E-state index is 11.4. The highest BCUT2D eigenvalue weighted by Crippen LogP contribution is 2.50. The quantitative estimate of drug-likeness (QED) is 0.692. The topological polar surface area (TPSA) is 47.9 Å². The summed E-state index contributed by atoms with van der Waals surface area (Å²) in [5, 5.41) is 0. The van der Waals surface area contributed by atoms with Gasteiger partial charge >= 0.3 is 7.75 Å². The van der Waals surface area contributed by atoms with Crippen molar-refractivity contribution in [1.82, 2.24) is 0 Å². The first kappa shape index (κ1) is 10.6. The molecule has 4 nitrogen and oxygen atoms in total. The van der Waals surface area contributed by atoms with Crippen LogP contribution in [0.4, 0.5) is 0 Å². The number of hydrogen-bond donors (Lipinski definition) is 0. The van der Waals surface area contributed by atoms with Crippen LogP contribution in [0.2, 0.25) is 0 Å². The fraction of sp³-hybridized carbons (Fsp3) is 0.800. The molecule has 1 fully saturated rings. The van der Waals surface area contributed by atoms with Gasteiger partial charge in [0, 0.05) is 25.7 Å². The minimum absolute atomic E-state index is 0.794. The molecule has 0 atom stereocenters. The van der Waals surface area contributed by atoms with Crippen LogP contribution in [0.5, 0.6) is 0 Å². The highest BCUT2D eigenvalue weighted by Gasteiger charge is 2.23. The van der Waals surface area contributed by atoms with Crippen molar-refractivity contribution in [3.8, 4) is 0 Å². The van der Waals surface area contributed by atoms with E-state index in [-0.39, 0.29) is 0 Å². The summed E-state index contributed by atoms with van der Waals surface area (Å²) in [4.78, 5) is 0. The molecule has 0 N–H and O–H groups in total. The predicted octanol–water partition coefficient (Wildman–Crippen LogP) is 2.22. The second-order valence-corrected chi connectivity index (χ2v) is 6.19. The maximum atomic E-state index is 11.4. The summed E-state index contributed by atoms with van der Waals surface area (Å²) >= 11 is 3.16. The third kappa shape index (κ3) is 2.78. The molecule has 1 heterocycles. The maximum Gasteiger partial charge on any atom is 0.454 e. The molecule has 0 unspecified atom stereocenters. The Bertz CT molecular complexity index is 217. The lowest BCUT2D eigenvalue weighted by Crippen LogP contribution is -1.87. The summed E-state index contributed by atoms with van der Waals surface area (Å²) in [6.07, 6.45) is 0. The van der Waals surface area contributed by atoms with E-state index in [9.17, 15) is 4.57 Å². The van der Waals surface area contributed by atoms with Gasteiger partial charge in [0.15, 0.2) is 0 Å². The van der Waals surface area contributed by atoms with Gasteiger partial charge in [-0.15, -0.1) is 0 Å². The third-order valence-corrected chi connectivity index (χ3v) is 5.30. The van der Waals surface area contributed by atoms with Gasteiger partial charge in [0.2, 0.25) is 0 Å². The van der Waals surface area contributed by atoms with Crippen molar-refractivity contribution in [1.29, 1.82) is 0 Å². The number of rotatable bonds is 3. The Balaban J connectivity index is 2.68. The Morgan fingerprint density at radius 1 is 1.33 bits per heavy atom. The van der Waals surface area contributed by atoms with Crippen molar-refractivity contribution in [3.05, 3.63) is 0 Å². The van der Waals surface area contributed by atoms with Crippen molar-refractivity contribution < 1.29 is 13.6 Å². The lowest BCUT2D eigenvalue weighted by molar-refractivity contribution is 0.277. The summed E-state index contributed by atoms with van der Waals surface area (Å²) in [5.41, 5.74) is 0. The summed E-state index contributed by atoms with van der Waals surface area (Å²) in [6, 6.07) is 0. The zero-order valence-corrected chi connectivity index (χ0v) is 9.38. The van der Waals surface area contributed by atoms with Crippen molar-refractivity contribution in [2.45, 2.75) is 0 Å². The Labute approximate surface area is 80.1 Å². The first-order valence-electron chi connectivity index (χ1n) is 3.27. The molecule has 0 spiro atoms. The molecule has 1 aliphatic heterocycles. The number of hydrogen-bond acceptors (Lipinski definition) is 5. The molecular weight excluding hydrogens is 217 g/mol. The zero-order valence-electron chi connectivity index (χ0n) is 6.85. The largest absolute Gasteiger partial charge is 0.454 e. The molecule has 0 aliphatic carbocycles. The van der Waals surface area contributed by atoms with Crippen LogP contribution < -0.4 is 0 Å². The fourth-order valence-electron chi connectivity index (χ4n) is 0.614. The molecule has 1 saturated heterocycles. The molecule has 70 valence electrons. The SMILES string of the molecule is COP(=O)(N=C1SCCS1)OC. The summed E-state index contributed by atoms with van der Waals surface area (Å²) in [5.74, 6) is 2.02. The van der Waals surface area contributed by atoms with Crippen LogP contribution in [0.25, 0.3) is 0 Å². The minimum atomic E-state index is -3.18. The lowest BCUT2D eigenvalue weighted by atomic mass is 11.0.